The van der Waals surface area contributed by atoms with Gasteiger partial charge in [-0.1, -0.05) is 18.2 Å². The van der Waals surface area contributed by atoms with Gasteiger partial charge >= 0.3 is 0 Å². The lowest BCUT2D eigenvalue weighted by atomic mass is 9.88. The van der Waals surface area contributed by atoms with Crippen molar-refractivity contribution in [2.45, 2.75) is 25.4 Å². The number of β-amino-alcohol motifs (C(OH)–C–C–N with tert-alkyl or cyclic N) is 1. The molecule has 20 heavy (non-hydrogen) atoms. The Kier molecular flexibility index (Phi) is 2.31. The summed E-state index contributed by atoms with van der Waals surface area (Å²) in [6.45, 7) is 2.78. The summed E-state index contributed by atoms with van der Waals surface area (Å²) < 4.78 is 5.69. The lowest BCUT2D eigenvalue weighted by Crippen LogP contribution is -2.64. The van der Waals surface area contributed by atoms with Crippen LogP contribution in [0.2, 0.25) is 0 Å². The summed E-state index contributed by atoms with van der Waals surface area (Å²) in [5.41, 5.74) is 0.981. The molecule has 2 aromatic rings. The number of hydrogen-bond acceptors (Lipinski definition) is 3. The Hall–Kier alpha value is -1.81. The van der Waals surface area contributed by atoms with E-state index in [0.717, 1.165) is 29.4 Å². The van der Waals surface area contributed by atoms with Gasteiger partial charge in [0.15, 0.2) is 5.76 Å². The molecule has 2 heterocycles. The maximum atomic E-state index is 12.5. The summed E-state index contributed by atoms with van der Waals surface area (Å²) in [4.78, 5) is 14.2. The minimum absolute atomic E-state index is 0.107. The normalized spacial score (nSPS) is 21.0. The Morgan fingerprint density at radius 3 is 2.70 bits per heavy atom. The average Bonchev–Trinajstić information content (AvgIpc) is 3.21. The van der Waals surface area contributed by atoms with E-state index in [4.69, 9.17) is 4.42 Å². The second-order valence-electron chi connectivity index (χ2n) is 6.09. The predicted molar refractivity (Wildman–Crippen MR) is 74.5 cm³/mol. The molecule has 0 radical (unpaired) electrons. The van der Waals surface area contributed by atoms with Gasteiger partial charge in [-0.3, -0.25) is 4.79 Å². The van der Waals surface area contributed by atoms with Crippen molar-refractivity contribution in [3.63, 3.8) is 0 Å². The molecule has 4 nitrogen and oxygen atoms in total. The van der Waals surface area contributed by atoms with Crippen molar-refractivity contribution in [1.82, 2.24) is 4.90 Å². The third-order valence-corrected chi connectivity index (χ3v) is 4.59. The van der Waals surface area contributed by atoms with Crippen LogP contribution in [0.5, 0.6) is 0 Å². The number of aryl methyl sites for hydroxylation is 1. The van der Waals surface area contributed by atoms with Crippen LogP contribution in [0.4, 0.5) is 0 Å². The lowest BCUT2D eigenvalue weighted by molar-refractivity contribution is -0.0965. The molecule has 0 unspecified atom stereocenters. The molecule has 2 fully saturated rings. The molecule has 1 aliphatic heterocycles. The second-order valence-corrected chi connectivity index (χ2v) is 6.09. The van der Waals surface area contributed by atoms with Crippen LogP contribution in [-0.4, -0.2) is 34.6 Å². The molecule has 1 saturated heterocycles. The SMILES string of the molecule is Cc1c(C(=O)N2CC(O)(C3CC3)C2)oc2ccccc12. The van der Waals surface area contributed by atoms with Gasteiger partial charge in [0.25, 0.3) is 5.91 Å². The van der Waals surface area contributed by atoms with Gasteiger partial charge in [0.2, 0.25) is 0 Å². The predicted octanol–water partition coefficient (Wildman–Crippen LogP) is 2.34. The Labute approximate surface area is 117 Å². The fourth-order valence-corrected chi connectivity index (χ4v) is 3.16. The summed E-state index contributed by atoms with van der Waals surface area (Å²) in [5, 5.41) is 11.3. The largest absolute Gasteiger partial charge is 0.451 e. The van der Waals surface area contributed by atoms with E-state index in [0.29, 0.717) is 24.8 Å². The van der Waals surface area contributed by atoms with Crippen molar-refractivity contribution in [1.29, 1.82) is 0 Å². The molecule has 1 aromatic heterocycles. The first-order chi connectivity index (χ1) is 9.58. The summed E-state index contributed by atoms with van der Waals surface area (Å²) in [5.74, 6) is 0.691. The van der Waals surface area contributed by atoms with Gasteiger partial charge in [0.05, 0.1) is 13.1 Å². The minimum Gasteiger partial charge on any atom is -0.451 e. The van der Waals surface area contributed by atoms with E-state index in [2.05, 4.69) is 0 Å². The number of amides is 1. The van der Waals surface area contributed by atoms with Gasteiger partial charge < -0.3 is 14.4 Å². The first-order valence-corrected chi connectivity index (χ1v) is 7.08. The maximum Gasteiger partial charge on any atom is 0.290 e. The number of fused-ring (bicyclic) bond motifs is 1. The Morgan fingerprint density at radius 2 is 2.05 bits per heavy atom. The number of carbonyl (C=O) groups is 1. The van der Waals surface area contributed by atoms with E-state index in [9.17, 15) is 9.90 Å². The highest BCUT2D eigenvalue weighted by molar-refractivity contribution is 5.99. The Balaban J connectivity index is 1.60. The van der Waals surface area contributed by atoms with Crippen LogP contribution < -0.4 is 0 Å². The first-order valence-electron chi connectivity index (χ1n) is 7.08. The topological polar surface area (TPSA) is 53.7 Å². The maximum absolute atomic E-state index is 12.5. The number of benzene rings is 1. The van der Waals surface area contributed by atoms with Crippen molar-refractivity contribution >= 4 is 16.9 Å². The number of likely N-dealkylation sites (tertiary alicyclic amines) is 1. The highest BCUT2D eigenvalue weighted by Crippen LogP contribution is 2.45. The van der Waals surface area contributed by atoms with Gasteiger partial charge in [-0.25, -0.2) is 0 Å². The van der Waals surface area contributed by atoms with Crippen LogP contribution in [0.3, 0.4) is 0 Å². The molecule has 4 rings (SSSR count). The standard InChI is InChI=1S/C16H17NO3/c1-10-12-4-2-3-5-13(12)20-14(10)15(18)17-8-16(19,9-17)11-6-7-11/h2-5,11,19H,6-9H2,1H3. The lowest BCUT2D eigenvalue weighted by Gasteiger charge is -2.46. The van der Waals surface area contributed by atoms with E-state index in [1.807, 2.05) is 31.2 Å². The number of rotatable bonds is 2. The van der Waals surface area contributed by atoms with Crippen molar-refractivity contribution in [2.75, 3.05) is 13.1 Å². The third kappa shape index (κ3) is 1.61. The van der Waals surface area contributed by atoms with E-state index < -0.39 is 5.60 Å². The van der Waals surface area contributed by atoms with Crippen LogP contribution in [0.1, 0.15) is 29.0 Å². The van der Waals surface area contributed by atoms with E-state index in [1.165, 1.54) is 0 Å². The molecule has 104 valence electrons. The number of para-hydroxylation sites is 1. The smallest absolute Gasteiger partial charge is 0.290 e. The van der Waals surface area contributed by atoms with Gasteiger partial charge in [-0.2, -0.15) is 0 Å². The summed E-state index contributed by atoms with van der Waals surface area (Å²) in [6, 6.07) is 7.67. The van der Waals surface area contributed by atoms with Crippen molar-refractivity contribution in [3.05, 3.63) is 35.6 Å². The second kappa shape index (κ2) is 3.85. The molecule has 0 spiro atoms. The first kappa shape index (κ1) is 12.0. The minimum atomic E-state index is -0.643. The molecule has 0 bridgehead atoms. The molecule has 1 aromatic carbocycles. The van der Waals surface area contributed by atoms with E-state index >= 15 is 0 Å². The van der Waals surface area contributed by atoms with Gasteiger partial charge in [0.1, 0.15) is 11.2 Å². The summed E-state index contributed by atoms with van der Waals surface area (Å²) in [7, 11) is 0. The third-order valence-electron chi connectivity index (χ3n) is 4.59. The molecular weight excluding hydrogens is 254 g/mol. The average molecular weight is 271 g/mol. The summed E-state index contributed by atoms with van der Waals surface area (Å²) in [6.07, 6.45) is 2.17. The van der Waals surface area contributed by atoms with Crippen molar-refractivity contribution in [3.8, 4) is 0 Å². The zero-order valence-electron chi connectivity index (χ0n) is 11.4. The van der Waals surface area contributed by atoms with E-state index in [1.54, 1.807) is 4.90 Å². The highest BCUT2D eigenvalue weighted by atomic mass is 16.3. The molecular formula is C16H17NO3. The molecule has 1 amide bonds. The van der Waals surface area contributed by atoms with Gasteiger partial charge in [-0.05, 0) is 31.7 Å². The van der Waals surface area contributed by atoms with Gasteiger partial charge in [-0.15, -0.1) is 0 Å². The van der Waals surface area contributed by atoms with E-state index in [-0.39, 0.29) is 5.91 Å². The molecule has 2 aliphatic rings. The zero-order chi connectivity index (χ0) is 13.9. The number of carbonyl (C=O) groups excluding carboxylic acids is 1. The zero-order valence-corrected chi connectivity index (χ0v) is 11.4. The van der Waals surface area contributed by atoms with Crippen molar-refractivity contribution < 1.29 is 14.3 Å². The Morgan fingerprint density at radius 1 is 1.35 bits per heavy atom. The van der Waals surface area contributed by atoms with Crippen LogP contribution in [-0.2, 0) is 0 Å². The van der Waals surface area contributed by atoms with Crippen LogP contribution >= 0.6 is 0 Å². The monoisotopic (exact) mass is 271 g/mol. The summed E-state index contributed by atoms with van der Waals surface area (Å²) >= 11 is 0. The number of nitrogens with zero attached hydrogens (tertiary/aromatic N) is 1. The highest BCUT2D eigenvalue weighted by Gasteiger charge is 2.53. The van der Waals surface area contributed by atoms with Crippen LogP contribution in [0.15, 0.2) is 28.7 Å². The molecule has 0 atom stereocenters. The molecule has 4 heteroatoms. The number of aliphatic hydroxyl groups is 1. The number of hydrogen-bond donors (Lipinski definition) is 1. The quantitative estimate of drug-likeness (QED) is 0.912. The Bertz CT molecular complexity index is 693. The van der Waals surface area contributed by atoms with Gasteiger partial charge in [0, 0.05) is 10.9 Å². The fraction of sp³-hybridized carbons (Fsp3) is 0.438. The van der Waals surface area contributed by atoms with Crippen LogP contribution in [0.25, 0.3) is 11.0 Å². The van der Waals surface area contributed by atoms with Crippen molar-refractivity contribution in [2.24, 2.45) is 5.92 Å². The van der Waals surface area contributed by atoms with Crippen LogP contribution in [0, 0.1) is 12.8 Å². The molecule has 1 saturated carbocycles. The molecule has 1 N–H and O–H groups in total. The number of furan rings is 1. The molecule has 1 aliphatic carbocycles. The fourth-order valence-electron chi connectivity index (χ4n) is 3.16.